The number of halogens is 1. The van der Waals surface area contributed by atoms with Gasteiger partial charge in [0, 0.05) is 23.1 Å². The summed E-state index contributed by atoms with van der Waals surface area (Å²) in [5.41, 5.74) is 2.80. The van der Waals surface area contributed by atoms with Gasteiger partial charge in [0.1, 0.15) is 0 Å². The molecule has 1 heterocycles. The van der Waals surface area contributed by atoms with Crippen molar-refractivity contribution in [3.63, 3.8) is 0 Å². The van der Waals surface area contributed by atoms with E-state index in [9.17, 15) is 9.59 Å². The summed E-state index contributed by atoms with van der Waals surface area (Å²) in [6.45, 7) is 4.38. The first-order chi connectivity index (χ1) is 11.9. The Labute approximate surface area is 155 Å². The standard InChI is InChI=1S/C18H22BrN3O3/c1-12-10-13(2)22(21-12)9-8-17(23)20-16(11-18(24)25-3)14-4-6-15(19)7-5-14/h4-7,10,16H,8-9,11H2,1-3H3,(H,20,23). The van der Waals surface area contributed by atoms with Crippen molar-refractivity contribution >= 4 is 27.8 Å². The molecule has 1 N–H and O–H groups in total. The lowest BCUT2D eigenvalue weighted by Gasteiger charge is -2.18. The summed E-state index contributed by atoms with van der Waals surface area (Å²) < 4.78 is 7.49. The monoisotopic (exact) mass is 407 g/mol. The predicted molar refractivity (Wildman–Crippen MR) is 98.0 cm³/mol. The minimum absolute atomic E-state index is 0.0871. The fraction of sp³-hybridized carbons (Fsp3) is 0.389. The summed E-state index contributed by atoms with van der Waals surface area (Å²) in [4.78, 5) is 24.0. The summed E-state index contributed by atoms with van der Waals surface area (Å²) in [5.74, 6) is -0.504. The second-order valence-electron chi connectivity index (χ2n) is 5.85. The first kappa shape index (κ1) is 19.2. The minimum Gasteiger partial charge on any atom is -0.469 e. The fourth-order valence-corrected chi connectivity index (χ4v) is 2.84. The van der Waals surface area contributed by atoms with Crippen molar-refractivity contribution < 1.29 is 14.3 Å². The normalized spacial score (nSPS) is 11.8. The molecule has 0 spiro atoms. The van der Waals surface area contributed by atoms with Gasteiger partial charge in [-0.05, 0) is 37.6 Å². The number of ether oxygens (including phenoxy) is 1. The molecule has 1 aromatic carbocycles. The van der Waals surface area contributed by atoms with E-state index in [1.54, 1.807) is 0 Å². The van der Waals surface area contributed by atoms with Crippen LogP contribution in [0.4, 0.5) is 0 Å². The number of carbonyl (C=O) groups is 2. The van der Waals surface area contributed by atoms with Crippen molar-refractivity contribution in [3.8, 4) is 0 Å². The highest BCUT2D eigenvalue weighted by molar-refractivity contribution is 9.10. The van der Waals surface area contributed by atoms with E-state index in [1.807, 2.05) is 48.9 Å². The Bertz CT molecular complexity index is 741. The molecule has 1 amide bonds. The fourth-order valence-electron chi connectivity index (χ4n) is 2.57. The Hall–Kier alpha value is -2.15. The number of rotatable bonds is 7. The number of aromatic nitrogens is 2. The van der Waals surface area contributed by atoms with Crippen LogP contribution in [0.3, 0.4) is 0 Å². The molecule has 0 radical (unpaired) electrons. The molecule has 0 aliphatic rings. The maximum atomic E-state index is 12.3. The third kappa shape index (κ3) is 5.70. The van der Waals surface area contributed by atoms with E-state index in [0.717, 1.165) is 21.4 Å². The van der Waals surface area contributed by atoms with E-state index in [1.165, 1.54) is 7.11 Å². The Morgan fingerprint density at radius 3 is 2.52 bits per heavy atom. The van der Waals surface area contributed by atoms with Crippen LogP contribution in [0.2, 0.25) is 0 Å². The first-order valence-electron chi connectivity index (χ1n) is 8.01. The molecule has 0 aliphatic carbocycles. The topological polar surface area (TPSA) is 73.2 Å². The predicted octanol–water partition coefficient (Wildman–Crippen LogP) is 3.07. The molecule has 1 unspecified atom stereocenters. The van der Waals surface area contributed by atoms with Crippen LogP contribution >= 0.6 is 15.9 Å². The van der Waals surface area contributed by atoms with Gasteiger partial charge >= 0.3 is 5.97 Å². The molecular formula is C18H22BrN3O3. The number of methoxy groups -OCH3 is 1. The van der Waals surface area contributed by atoms with Crippen LogP contribution in [0, 0.1) is 13.8 Å². The van der Waals surface area contributed by atoms with Gasteiger partial charge in [0.25, 0.3) is 0 Å². The van der Waals surface area contributed by atoms with Gasteiger partial charge in [0.2, 0.25) is 5.91 Å². The average Bonchev–Trinajstić information content (AvgIpc) is 2.90. The molecule has 0 saturated carbocycles. The van der Waals surface area contributed by atoms with Crippen LogP contribution in [-0.2, 0) is 20.9 Å². The summed E-state index contributed by atoms with van der Waals surface area (Å²) in [6.07, 6.45) is 0.375. The Balaban J connectivity index is 2.02. The highest BCUT2D eigenvalue weighted by Crippen LogP contribution is 2.20. The smallest absolute Gasteiger partial charge is 0.307 e. The molecule has 25 heavy (non-hydrogen) atoms. The molecule has 7 heteroatoms. The molecule has 1 atom stereocenters. The lowest BCUT2D eigenvalue weighted by molar-refractivity contribution is -0.141. The van der Waals surface area contributed by atoms with Crippen molar-refractivity contribution in [3.05, 3.63) is 51.8 Å². The van der Waals surface area contributed by atoms with Crippen LogP contribution in [0.5, 0.6) is 0 Å². The van der Waals surface area contributed by atoms with Crippen molar-refractivity contribution in [1.29, 1.82) is 0 Å². The van der Waals surface area contributed by atoms with Crippen molar-refractivity contribution in [2.24, 2.45) is 0 Å². The van der Waals surface area contributed by atoms with Crippen molar-refractivity contribution in [2.45, 2.75) is 39.3 Å². The van der Waals surface area contributed by atoms with E-state index in [4.69, 9.17) is 4.74 Å². The molecule has 0 bridgehead atoms. The highest BCUT2D eigenvalue weighted by Gasteiger charge is 2.19. The number of benzene rings is 1. The van der Waals surface area contributed by atoms with E-state index < -0.39 is 6.04 Å². The zero-order valence-corrected chi connectivity index (χ0v) is 16.2. The third-order valence-electron chi connectivity index (χ3n) is 3.86. The van der Waals surface area contributed by atoms with E-state index >= 15 is 0 Å². The number of nitrogens with one attached hydrogen (secondary N) is 1. The number of aryl methyl sites for hydroxylation is 3. The maximum Gasteiger partial charge on any atom is 0.307 e. The zero-order chi connectivity index (χ0) is 18.4. The minimum atomic E-state index is -0.423. The zero-order valence-electron chi connectivity index (χ0n) is 14.6. The molecule has 134 valence electrons. The van der Waals surface area contributed by atoms with Crippen LogP contribution in [0.25, 0.3) is 0 Å². The van der Waals surface area contributed by atoms with Gasteiger partial charge in [-0.3, -0.25) is 14.3 Å². The molecule has 2 aromatic rings. The molecule has 6 nitrogen and oxygen atoms in total. The number of carbonyl (C=O) groups excluding carboxylic acids is 2. The molecular weight excluding hydrogens is 386 g/mol. The summed E-state index contributed by atoms with van der Waals surface area (Å²) in [6, 6.07) is 9.05. The number of esters is 1. The van der Waals surface area contributed by atoms with Crippen LogP contribution < -0.4 is 5.32 Å². The van der Waals surface area contributed by atoms with Gasteiger partial charge in [-0.15, -0.1) is 0 Å². The second kappa shape index (κ2) is 8.80. The molecule has 0 aliphatic heterocycles. The second-order valence-corrected chi connectivity index (χ2v) is 6.77. The van der Waals surface area contributed by atoms with Gasteiger partial charge in [-0.2, -0.15) is 5.10 Å². The molecule has 2 rings (SSSR count). The maximum absolute atomic E-state index is 12.3. The van der Waals surface area contributed by atoms with Gasteiger partial charge in [-0.25, -0.2) is 0 Å². The number of nitrogens with zero attached hydrogens (tertiary/aromatic N) is 2. The molecule has 1 aromatic heterocycles. The van der Waals surface area contributed by atoms with Crippen molar-refractivity contribution in [1.82, 2.24) is 15.1 Å². The number of amides is 1. The molecule has 0 saturated heterocycles. The number of hydrogen-bond donors (Lipinski definition) is 1. The molecule has 0 fully saturated rings. The van der Waals surface area contributed by atoms with Crippen LogP contribution in [0.15, 0.2) is 34.8 Å². The largest absolute Gasteiger partial charge is 0.469 e. The summed E-state index contributed by atoms with van der Waals surface area (Å²) in [5, 5.41) is 7.27. The van der Waals surface area contributed by atoms with Gasteiger partial charge in [-0.1, -0.05) is 28.1 Å². The van der Waals surface area contributed by atoms with Crippen molar-refractivity contribution in [2.75, 3.05) is 7.11 Å². The quantitative estimate of drug-likeness (QED) is 0.715. The lowest BCUT2D eigenvalue weighted by Crippen LogP contribution is -2.31. The summed E-state index contributed by atoms with van der Waals surface area (Å²) in [7, 11) is 1.34. The Kier molecular flexibility index (Phi) is 6.75. The van der Waals surface area contributed by atoms with Gasteiger partial charge in [0.15, 0.2) is 0 Å². The van der Waals surface area contributed by atoms with E-state index in [2.05, 4.69) is 26.3 Å². The van der Waals surface area contributed by atoms with E-state index in [0.29, 0.717) is 6.54 Å². The number of hydrogen-bond acceptors (Lipinski definition) is 4. The van der Waals surface area contributed by atoms with Crippen LogP contribution in [0.1, 0.15) is 35.8 Å². The van der Waals surface area contributed by atoms with E-state index in [-0.39, 0.29) is 24.7 Å². The Morgan fingerprint density at radius 2 is 1.96 bits per heavy atom. The average molecular weight is 408 g/mol. The summed E-state index contributed by atoms with van der Waals surface area (Å²) >= 11 is 3.38. The third-order valence-corrected chi connectivity index (χ3v) is 4.39. The SMILES string of the molecule is COC(=O)CC(NC(=O)CCn1nc(C)cc1C)c1ccc(Br)cc1. The van der Waals surface area contributed by atoms with Gasteiger partial charge in [0.05, 0.1) is 25.3 Å². The first-order valence-corrected chi connectivity index (χ1v) is 8.81. The highest BCUT2D eigenvalue weighted by atomic mass is 79.9. The lowest BCUT2D eigenvalue weighted by atomic mass is 10.0. The van der Waals surface area contributed by atoms with Crippen LogP contribution in [-0.4, -0.2) is 28.8 Å². The van der Waals surface area contributed by atoms with Gasteiger partial charge < -0.3 is 10.1 Å². The Morgan fingerprint density at radius 1 is 1.28 bits per heavy atom.